The monoisotopic (exact) mass is 702 g/mol. The first-order valence-electron chi connectivity index (χ1n) is 21.4. The van der Waals surface area contributed by atoms with Gasteiger partial charge in [0.25, 0.3) is 0 Å². The number of nitrogens with one attached hydrogen (secondary N) is 1. The van der Waals surface area contributed by atoms with Crippen LogP contribution in [0.3, 0.4) is 0 Å². The molecule has 0 aliphatic rings. The second-order valence-corrected chi connectivity index (χ2v) is 14.5. The van der Waals surface area contributed by atoms with Crippen LogP contribution in [0.25, 0.3) is 0 Å². The predicted octanol–water partition coefficient (Wildman–Crippen LogP) is 12.2. The molecule has 0 heterocycles. The highest BCUT2D eigenvalue weighted by molar-refractivity contribution is 5.76. The first-order valence-corrected chi connectivity index (χ1v) is 21.4. The van der Waals surface area contributed by atoms with E-state index in [-0.39, 0.29) is 18.9 Å². The van der Waals surface area contributed by atoms with Crippen LogP contribution in [0.4, 0.5) is 0 Å². The largest absolute Gasteiger partial charge is 0.394 e. The van der Waals surface area contributed by atoms with E-state index in [9.17, 15) is 20.1 Å². The van der Waals surface area contributed by atoms with Crippen LogP contribution < -0.4 is 5.32 Å². The molecule has 0 rings (SSSR count). The number of aliphatic hydroxyl groups excluding tert-OH is 3. The van der Waals surface area contributed by atoms with E-state index in [4.69, 9.17) is 0 Å². The summed E-state index contributed by atoms with van der Waals surface area (Å²) in [6.07, 6.45) is 51.3. The normalized spacial score (nSPS) is 14.1. The number of unbranched alkanes of at least 4 members (excludes halogenated alkanes) is 23. The van der Waals surface area contributed by atoms with Crippen LogP contribution in [0.2, 0.25) is 0 Å². The zero-order valence-corrected chi connectivity index (χ0v) is 33.0. The third kappa shape index (κ3) is 36.1. The molecule has 0 spiro atoms. The quantitative estimate of drug-likeness (QED) is 0.0381. The minimum Gasteiger partial charge on any atom is -0.394 e. The fraction of sp³-hybridized carbons (Fsp3) is 0.800. The van der Waals surface area contributed by atoms with E-state index in [1.54, 1.807) is 6.08 Å². The summed E-state index contributed by atoms with van der Waals surface area (Å²) in [6.45, 7) is 4.07. The van der Waals surface area contributed by atoms with Crippen molar-refractivity contribution in [2.75, 3.05) is 6.61 Å². The molecular weight excluding hydrogens is 618 g/mol. The third-order valence-electron chi connectivity index (χ3n) is 9.58. The highest BCUT2D eigenvalue weighted by Crippen LogP contribution is 2.15. The van der Waals surface area contributed by atoms with Crippen LogP contribution in [-0.4, -0.2) is 46.1 Å². The van der Waals surface area contributed by atoms with Crippen molar-refractivity contribution in [3.63, 3.8) is 0 Å². The Kier molecular flexibility index (Phi) is 38.7. The molecule has 1 amide bonds. The lowest BCUT2D eigenvalue weighted by Gasteiger charge is -2.21. The number of carbonyl (C=O) groups excluding carboxylic acids is 1. The topological polar surface area (TPSA) is 89.8 Å². The second kappa shape index (κ2) is 40.1. The van der Waals surface area contributed by atoms with E-state index in [1.807, 2.05) is 6.08 Å². The van der Waals surface area contributed by atoms with Gasteiger partial charge >= 0.3 is 0 Å². The molecule has 4 N–H and O–H groups in total. The summed E-state index contributed by atoms with van der Waals surface area (Å²) in [5, 5.41) is 33.0. The summed E-state index contributed by atoms with van der Waals surface area (Å²) in [5.74, 6) is -0.334. The first-order chi connectivity index (χ1) is 24.5. The van der Waals surface area contributed by atoms with Crippen molar-refractivity contribution in [1.82, 2.24) is 5.32 Å². The third-order valence-corrected chi connectivity index (χ3v) is 9.58. The van der Waals surface area contributed by atoms with Gasteiger partial charge < -0.3 is 20.6 Å². The van der Waals surface area contributed by atoms with Crippen molar-refractivity contribution in [3.05, 3.63) is 48.6 Å². The highest BCUT2D eigenvalue weighted by atomic mass is 16.3. The van der Waals surface area contributed by atoms with Crippen molar-refractivity contribution < 1.29 is 20.1 Å². The molecule has 292 valence electrons. The highest BCUT2D eigenvalue weighted by Gasteiger charge is 2.20. The number of allylic oxidation sites excluding steroid dienone is 7. The molecule has 0 aromatic heterocycles. The van der Waals surface area contributed by atoms with E-state index < -0.39 is 18.2 Å². The van der Waals surface area contributed by atoms with Crippen LogP contribution in [0.5, 0.6) is 0 Å². The Hall–Kier alpha value is -1.69. The van der Waals surface area contributed by atoms with Crippen LogP contribution in [-0.2, 0) is 4.79 Å². The van der Waals surface area contributed by atoms with E-state index >= 15 is 0 Å². The predicted molar refractivity (Wildman–Crippen MR) is 217 cm³/mol. The van der Waals surface area contributed by atoms with E-state index in [0.717, 1.165) is 44.9 Å². The minimum absolute atomic E-state index is 0.000235. The zero-order valence-electron chi connectivity index (χ0n) is 33.0. The molecule has 0 saturated carbocycles. The number of aliphatic hydroxyl groups is 3. The van der Waals surface area contributed by atoms with Gasteiger partial charge in [0, 0.05) is 0 Å². The fourth-order valence-corrected chi connectivity index (χ4v) is 6.31. The summed E-state index contributed by atoms with van der Waals surface area (Å²) in [4.78, 5) is 12.4. The van der Waals surface area contributed by atoms with Crippen LogP contribution in [0.15, 0.2) is 48.6 Å². The van der Waals surface area contributed by atoms with Crippen molar-refractivity contribution in [3.8, 4) is 0 Å². The van der Waals surface area contributed by atoms with Gasteiger partial charge in [0.1, 0.15) is 0 Å². The number of hydrogen-bond acceptors (Lipinski definition) is 4. The van der Waals surface area contributed by atoms with Crippen molar-refractivity contribution in [2.24, 2.45) is 0 Å². The smallest absolute Gasteiger partial charge is 0.222 e. The standard InChI is InChI=1S/C45H83NO4/c1-3-5-7-9-11-13-15-16-17-18-19-20-21-22-23-24-25-26-27-28-29-30-32-34-36-38-42(48)40-45(50)46-43(41-47)44(49)39-37-35-33-31-14-12-10-8-6-4-2/h6,8,14,22-23,31,37,39,42-44,47-49H,3-5,7,9-13,15-21,24-30,32-36,38,40-41H2,1-2H3,(H,46,50)/b8-6+,23-22-,31-14+,39-37+. The molecule has 0 bridgehead atoms. The Bertz CT molecular complexity index is 820. The summed E-state index contributed by atoms with van der Waals surface area (Å²) in [5.41, 5.74) is 0. The van der Waals surface area contributed by atoms with Gasteiger partial charge in [0.15, 0.2) is 0 Å². The molecule has 50 heavy (non-hydrogen) atoms. The maximum Gasteiger partial charge on any atom is 0.222 e. The summed E-state index contributed by atoms with van der Waals surface area (Å²) < 4.78 is 0. The molecule has 3 unspecified atom stereocenters. The molecule has 3 atom stereocenters. The molecule has 0 aromatic carbocycles. The maximum atomic E-state index is 12.4. The summed E-state index contributed by atoms with van der Waals surface area (Å²) in [7, 11) is 0. The molecule has 0 fully saturated rings. The van der Waals surface area contributed by atoms with Gasteiger partial charge in [-0.2, -0.15) is 0 Å². The number of rotatable bonds is 38. The molecule has 0 saturated heterocycles. The van der Waals surface area contributed by atoms with Crippen LogP contribution >= 0.6 is 0 Å². The van der Waals surface area contributed by atoms with Gasteiger partial charge in [0.2, 0.25) is 5.91 Å². The molecule has 5 nitrogen and oxygen atoms in total. The maximum absolute atomic E-state index is 12.4. The van der Waals surface area contributed by atoms with E-state index in [0.29, 0.717) is 6.42 Å². The SMILES string of the molecule is CC/C=C/CC/C=C/CC/C=C/C(O)C(CO)NC(=O)CC(O)CCCCCCCCCCC/C=C\CCCCCCCCCCCCCC. The first kappa shape index (κ1) is 48.3. The van der Waals surface area contributed by atoms with Gasteiger partial charge in [-0.15, -0.1) is 0 Å². The Labute approximate surface area is 310 Å². The lowest BCUT2D eigenvalue weighted by atomic mass is 10.0. The molecule has 5 heteroatoms. The Morgan fingerprint density at radius 2 is 0.920 bits per heavy atom. The van der Waals surface area contributed by atoms with Crippen LogP contribution in [0, 0.1) is 0 Å². The van der Waals surface area contributed by atoms with Gasteiger partial charge in [0.05, 0.1) is 31.3 Å². The lowest BCUT2D eigenvalue weighted by Crippen LogP contribution is -2.45. The zero-order chi connectivity index (χ0) is 36.6. The molecule has 0 aliphatic carbocycles. The Morgan fingerprint density at radius 1 is 0.520 bits per heavy atom. The number of carbonyl (C=O) groups is 1. The van der Waals surface area contributed by atoms with Crippen molar-refractivity contribution >= 4 is 5.91 Å². The van der Waals surface area contributed by atoms with Crippen LogP contribution in [0.1, 0.15) is 206 Å². The molecular formula is C45H83NO4. The van der Waals surface area contributed by atoms with Gasteiger partial charge in [-0.1, -0.05) is 184 Å². The molecule has 0 aromatic rings. The van der Waals surface area contributed by atoms with E-state index in [1.165, 1.54) is 135 Å². The van der Waals surface area contributed by atoms with Crippen molar-refractivity contribution in [2.45, 2.75) is 225 Å². The Balaban J connectivity index is 3.61. The number of hydrogen-bond donors (Lipinski definition) is 4. The fourth-order valence-electron chi connectivity index (χ4n) is 6.31. The summed E-state index contributed by atoms with van der Waals surface area (Å²) in [6, 6.07) is -0.766. The average Bonchev–Trinajstić information content (AvgIpc) is 3.11. The van der Waals surface area contributed by atoms with Gasteiger partial charge in [-0.3, -0.25) is 4.79 Å². The number of amides is 1. The minimum atomic E-state index is -0.958. The average molecular weight is 702 g/mol. The molecule has 0 aliphatic heterocycles. The summed E-state index contributed by atoms with van der Waals surface area (Å²) >= 11 is 0. The lowest BCUT2D eigenvalue weighted by molar-refractivity contribution is -0.124. The van der Waals surface area contributed by atoms with Crippen molar-refractivity contribution in [1.29, 1.82) is 0 Å². The van der Waals surface area contributed by atoms with E-state index in [2.05, 4.69) is 55.6 Å². The molecule has 0 radical (unpaired) electrons. The van der Waals surface area contributed by atoms with Gasteiger partial charge in [-0.05, 0) is 64.2 Å². The Morgan fingerprint density at radius 3 is 1.38 bits per heavy atom. The van der Waals surface area contributed by atoms with Gasteiger partial charge in [-0.25, -0.2) is 0 Å². The second-order valence-electron chi connectivity index (χ2n) is 14.5.